The van der Waals surface area contributed by atoms with E-state index in [9.17, 15) is 0 Å². The van der Waals surface area contributed by atoms with Crippen LogP contribution in [0, 0.1) is 0 Å². The van der Waals surface area contributed by atoms with Crippen LogP contribution < -0.4 is 15.1 Å². The van der Waals surface area contributed by atoms with Crippen LogP contribution in [0.5, 0.6) is 11.5 Å². The molecule has 0 atom stereocenters. The molecular formula is C24H23BBrClN2O4. The van der Waals surface area contributed by atoms with Crippen molar-refractivity contribution in [1.82, 2.24) is 9.97 Å². The second-order valence-electron chi connectivity index (χ2n) is 6.70. The molecule has 170 valence electrons. The van der Waals surface area contributed by atoms with E-state index >= 15 is 0 Å². The van der Waals surface area contributed by atoms with Gasteiger partial charge >= 0.3 is 7.12 Å². The number of rotatable bonds is 5. The fourth-order valence-corrected chi connectivity index (χ4v) is 3.27. The Morgan fingerprint density at radius 2 is 1.33 bits per heavy atom. The van der Waals surface area contributed by atoms with E-state index in [4.69, 9.17) is 19.5 Å². The monoisotopic (exact) mass is 528 g/mol. The summed E-state index contributed by atoms with van der Waals surface area (Å²) >= 11 is 3.40. The summed E-state index contributed by atoms with van der Waals surface area (Å²) in [5, 5.41) is 17.9. The van der Waals surface area contributed by atoms with Gasteiger partial charge in [0.15, 0.2) is 0 Å². The Kier molecular flexibility index (Phi) is 10.3. The number of hydrogen-bond acceptors (Lipinski definition) is 6. The zero-order valence-electron chi connectivity index (χ0n) is 18.1. The Hall–Kier alpha value is -2.91. The van der Waals surface area contributed by atoms with E-state index in [2.05, 4.69) is 25.9 Å². The van der Waals surface area contributed by atoms with Crippen LogP contribution in [0.4, 0.5) is 0 Å². The highest BCUT2D eigenvalue weighted by atomic mass is 79.9. The third kappa shape index (κ3) is 7.58. The maximum Gasteiger partial charge on any atom is 0.508 e. The molecule has 6 nitrogen and oxygen atoms in total. The van der Waals surface area contributed by atoms with Crippen LogP contribution in [0.15, 0.2) is 89.8 Å². The molecule has 0 aliphatic carbocycles. The highest BCUT2D eigenvalue weighted by Gasteiger charge is 2.12. The molecule has 2 aromatic carbocycles. The van der Waals surface area contributed by atoms with Crippen LogP contribution >= 0.6 is 28.3 Å². The zero-order valence-corrected chi connectivity index (χ0v) is 20.5. The summed E-state index contributed by atoms with van der Waals surface area (Å²) in [4.78, 5) is 8.10. The average molecular weight is 530 g/mol. The predicted octanol–water partition coefficient (Wildman–Crippen LogP) is 4.38. The van der Waals surface area contributed by atoms with E-state index in [1.54, 1.807) is 38.7 Å². The molecule has 4 rings (SSSR count). The van der Waals surface area contributed by atoms with E-state index in [1.165, 1.54) is 0 Å². The summed E-state index contributed by atoms with van der Waals surface area (Å²) < 4.78 is 11.3. The van der Waals surface area contributed by atoms with Crippen LogP contribution in [0.1, 0.15) is 0 Å². The summed E-state index contributed by atoms with van der Waals surface area (Å²) in [7, 11) is 1.75. The third-order valence-electron chi connectivity index (χ3n) is 4.56. The summed E-state index contributed by atoms with van der Waals surface area (Å²) in [5.41, 5.74) is 4.27. The second-order valence-corrected chi connectivity index (χ2v) is 7.62. The molecule has 0 spiro atoms. The number of pyridine rings is 2. The quantitative estimate of drug-likeness (QED) is 0.374. The molecule has 0 saturated carbocycles. The van der Waals surface area contributed by atoms with E-state index < -0.39 is 7.12 Å². The number of hydrogen-bond donors (Lipinski definition) is 2. The van der Waals surface area contributed by atoms with Gasteiger partial charge in [0.05, 0.1) is 19.8 Å². The molecular weight excluding hydrogens is 506 g/mol. The fourth-order valence-electron chi connectivity index (χ4n) is 2.90. The zero-order chi connectivity index (χ0) is 22.9. The van der Waals surface area contributed by atoms with E-state index in [-0.39, 0.29) is 18.0 Å². The van der Waals surface area contributed by atoms with E-state index in [1.807, 2.05) is 60.8 Å². The van der Waals surface area contributed by atoms with Crippen molar-refractivity contribution in [3.05, 3.63) is 89.8 Å². The van der Waals surface area contributed by atoms with Crippen LogP contribution in [-0.4, -0.2) is 41.4 Å². The Morgan fingerprint density at radius 1 is 0.727 bits per heavy atom. The van der Waals surface area contributed by atoms with Crippen molar-refractivity contribution in [2.75, 3.05) is 14.2 Å². The molecule has 2 aromatic heterocycles. The van der Waals surface area contributed by atoms with E-state index in [0.717, 1.165) is 38.2 Å². The number of methoxy groups -OCH3 is 2. The highest BCUT2D eigenvalue weighted by Crippen LogP contribution is 2.25. The Morgan fingerprint density at radius 3 is 1.82 bits per heavy atom. The van der Waals surface area contributed by atoms with Gasteiger partial charge in [0.1, 0.15) is 11.5 Å². The van der Waals surface area contributed by atoms with Crippen molar-refractivity contribution < 1.29 is 19.5 Å². The number of nitrogens with zero attached hydrogens (tertiary/aromatic N) is 2. The van der Waals surface area contributed by atoms with Crippen molar-refractivity contribution >= 4 is 41.0 Å². The van der Waals surface area contributed by atoms with Gasteiger partial charge in [-0.2, -0.15) is 0 Å². The molecule has 0 fully saturated rings. The van der Waals surface area contributed by atoms with Crippen molar-refractivity contribution in [3.63, 3.8) is 0 Å². The smallest absolute Gasteiger partial charge is 0.497 e. The molecule has 0 aliphatic rings. The number of halogens is 2. The van der Waals surface area contributed by atoms with Crippen molar-refractivity contribution in [3.8, 4) is 33.8 Å². The predicted molar refractivity (Wildman–Crippen MR) is 137 cm³/mol. The summed E-state index contributed by atoms with van der Waals surface area (Å²) in [5.74, 6) is 1.63. The van der Waals surface area contributed by atoms with Gasteiger partial charge in [-0.05, 0) is 63.5 Å². The average Bonchev–Trinajstić information content (AvgIpc) is 2.84. The lowest BCUT2D eigenvalue weighted by Crippen LogP contribution is -2.32. The van der Waals surface area contributed by atoms with Gasteiger partial charge in [-0.25, -0.2) is 0 Å². The first kappa shape index (κ1) is 26.3. The van der Waals surface area contributed by atoms with Gasteiger partial charge in [-0.3, -0.25) is 9.97 Å². The first-order chi connectivity index (χ1) is 15.5. The topological polar surface area (TPSA) is 84.7 Å². The lowest BCUT2D eigenvalue weighted by Gasteiger charge is -2.05. The maximum atomic E-state index is 8.94. The summed E-state index contributed by atoms with van der Waals surface area (Å²) in [6, 6.07) is 20.9. The van der Waals surface area contributed by atoms with Crippen molar-refractivity contribution in [2.45, 2.75) is 0 Å². The van der Waals surface area contributed by atoms with E-state index in [0.29, 0.717) is 0 Å². The molecule has 33 heavy (non-hydrogen) atoms. The van der Waals surface area contributed by atoms with Gasteiger partial charge in [-0.1, -0.05) is 30.3 Å². The second kappa shape index (κ2) is 13.0. The minimum Gasteiger partial charge on any atom is -0.497 e. The number of benzene rings is 2. The Bertz CT molecular complexity index is 1160. The minimum absolute atomic E-state index is 0. The SMILES string of the molecule is COc1cccc(-c2ccc(B(O)O)nc2)c1.COc1cccc(-c2cncc(Br)c2)c1.Cl. The van der Waals surface area contributed by atoms with Crippen molar-refractivity contribution in [1.29, 1.82) is 0 Å². The Balaban J connectivity index is 0.000000228. The molecule has 2 N–H and O–H groups in total. The Labute approximate surface area is 208 Å². The van der Waals surface area contributed by atoms with Crippen LogP contribution in [0.25, 0.3) is 22.3 Å². The first-order valence-electron chi connectivity index (χ1n) is 9.71. The summed E-state index contributed by atoms with van der Waals surface area (Å²) in [6.07, 6.45) is 5.20. The largest absolute Gasteiger partial charge is 0.508 e. The van der Waals surface area contributed by atoms with Gasteiger partial charge in [0.2, 0.25) is 0 Å². The van der Waals surface area contributed by atoms with Gasteiger partial charge < -0.3 is 19.5 Å². The lowest BCUT2D eigenvalue weighted by molar-refractivity contribution is 0.415. The molecule has 2 heterocycles. The van der Waals surface area contributed by atoms with Crippen LogP contribution in [0.2, 0.25) is 0 Å². The first-order valence-corrected chi connectivity index (χ1v) is 10.5. The standard InChI is InChI=1S/C12H12BNO3.C12H10BrNO.ClH/c1-17-11-4-2-3-9(7-11)10-5-6-12(13(15)16)14-8-10;1-15-12-4-2-3-9(6-12)10-5-11(13)8-14-7-10;/h2-8,15-16H,1H3;2-8H,1H3;1H. The molecule has 0 unspecified atom stereocenters. The lowest BCUT2D eigenvalue weighted by atomic mass is 9.85. The van der Waals surface area contributed by atoms with Gasteiger partial charge in [0, 0.05) is 34.2 Å². The van der Waals surface area contributed by atoms with Crippen LogP contribution in [-0.2, 0) is 0 Å². The summed E-state index contributed by atoms with van der Waals surface area (Å²) in [6.45, 7) is 0. The molecule has 0 aliphatic heterocycles. The van der Waals surface area contributed by atoms with Gasteiger partial charge in [0.25, 0.3) is 0 Å². The number of ether oxygens (including phenoxy) is 2. The molecule has 0 radical (unpaired) electrons. The van der Waals surface area contributed by atoms with Crippen LogP contribution in [0.3, 0.4) is 0 Å². The molecule has 0 saturated heterocycles. The number of aromatic nitrogens is 2. The van der Waals surface area contributed by atoms with Crippen molar-refractivity contribution in [2.24, 2.45) is 0 Å². The highest BCUT2D eigenvalue weighted by molar-refractivity contribution is 9.10. The third-order valence-corrected chi connectivity index (χ3v) is 5.00. The molecule has 9 heteroatoms. The normalized spacial score (nSPS) is 9.73. The molecule has 0 bridgehead atoms. The fraction of sp³-hybridized carbons (Fsp3) is 0.0833. The van der Waals surface area contributed by atoms with Gasteiger partial charge in [-0.15, -0.1) is 12.4 Å². The molecule has 4 aromatic rings. The molecule has 0 amide bonds. The maximum absolute atomic E-state index is 8.94. The minimum atomic E-state index is -1.53.